The fraction of sp³-hybridized carbons (Fsp3) is 0.650. The molecule has 0 aromatic carbocycles. The molecule has 1 spiro atoms. The molecule has 146 valence electrons. The SMILES string of the molecule is Nc1nccc(N2CC[C@@H](O)[C@]3(CCCN(C(=O)CC4=CCCC4)C3)C2)n1. The molecule has 0 unspecified atom stereocenters. The predicted molar refractivity (Wildman–Crippen MR) is 104 cm³/mol. The third-order valence-electron chi connectivity index (χ3n) is 6.34. The van der Waals surface area contributed by atoms with Crippen LogP contribution in [0.1, 0.15) is 44.9 Å². The van der Waals surface area contributed by atoms with E-state index in [1.165, 1.54) is 12.0 Å². The van der Waals surface area contributed by atoms with Crippen molar-refractivity contribution in [2.45, 2.75) is 51.0 Å². The summed E-state index contributed by atoms with van der Waals surface area (Å²) in [7, 11) is 0. The Morgan fingerprint density at radius 1 is 1.33 bits per heavy atom. The standard InChI is InChI=1S/C20H29N5O2/c21-19-22-9-6-17(23-19)24-11-7-16(26)20(13-24)8-3-10-25(14-20)18(27)12-15-4-1-2-5-15/h4,6,9,16,26H,1-3,5,7-8,10-14H2,(H2,21,22,23)/t16-,20-/m1/s1. The van der Waals surface area contributed by atoms with E-state index < -0.39 is 6.10 Å². The number of allylic oxidation sites excluding steroid dienone is 1. The van der Waals surface area contributed by atoms with Crippen molar-refractivity contribution in [3.05, 3.63) is 23.9 Å². The van der Waals surface area contributed by atoms with E-state index in [0.29, 0.717) is 25.9 Å². The smallest absolute Gasteiger partial charge is 0.226 e. The Labute approximate surface area is 160 Å². The molecular formula is C20H29N5O2. The number of nitrogen functional groups attached to an aromatic ring is 1. The van der Waals surface area contributed by atoms with Crippen molar-refractivity contribution >= 4 is 17.7 Å². The minimum Gasteiger partial charge on any atom is -0.392 e. The highest BCUT2D eigenvalue weighted by atomic mass is 16.3. The summed E-state index contributed by atoms with van der Waals surface area (Å²) in [6.45, 7) is 2.84. The van der Waals surface area contributed by atoms with Crippen molar-refractivity contribution in [3.8, 4) is 0 Å². The van der Waals surface area contributed by atoms with Crippen molar-refractivity contribution in [1.82, 2.24) is 14.9 Å². The first-order chi connectivity index (χ1) is 13.1. The highest BCUT2D eigenvalue weighted by Gasteiger charge is 2.46. The number of hydrogen-bond donors (Lipinski definition) is 2. The van der Waals surface area contributed by atoms with Gasteiger partial charge in [0.1, 0.15) is 5.82 Å². The van der Waals surface area contributed by atoms with Crippen LogP contribution in [0.3, 0.4) is 0 Å². The lowest BCUT2D eigenvalue weighted by Crippen LogP contribution is -2.60. The molecular weight excluding hydrogens is 342 g/mol. The first kappa shape index (κ1) is 18.2. The Balaban J connectivity index is 1.48. The van der Waals surface area contributed by atoms with E-state index in [1.54, 1.807) is 6.20 Å². The van der Waals surface area contributed by atoms with Gasteiger partial charge in [0.25, 0.3) is 0 Å². The van der Waals surface area contributed by atoms with Gasteiger partial charge in [-0.2, -0.15) is 4.98 Å². The number of nitrogens with zero attached hydrogens (tertiary/aromatic N) is 4. The van der Waals surface area contributed by atoms with Crippen molar-refractivity contribution in [3.63, 3.8) is 0 Å². The van der Waals surface area contributed by atoms with Gasteiger partial charge in [0.15, 0.2) is 0 Å². The summed E-state index contributed by atoms with van der Waals surface area (Å²) < 4.78 is 0. The maximum absolute atomic E-state index is 12.8. The first-order valence-electron chi connectivity index (χ1n) is 10.0. The van der Waals surface area contributed by atoms with E-state index in [4.69, 9.17) is 5.73 Å². The van der Waals surface area contributed by atoms with Crippen molar-refractivity contribution < 1.29 is 9.90 Å². The molecule has 3 N–H and O–H groups in total. The van der Waals surface area contributed by atoms with E-state index in [1.807, 2.05) is 11.0 Å². The molecule has 2 aliphatic heterocycles. The van der Waals surface area contributed by atoms with E-state index in [2.05, 4.69) is 20.9 Å². The first-order valence-corrected chi connectivity index (χ1v) is 10.0. The Kier molecular flexibility index (Phi) is 5.04. The molecule has 1 aromatic heterocycles. The van der Waals surface area contributed by atoms with Crippen LogP contribution in [0, 0.1) is 5.41 Å². The third-order valence-corrected chi connectivity index (χ3v) is 6.34. The molecule has 2 atom stereocenters. The number of carbonyl (C=O) groups excluding carboxylic acids is 1. The average molecular weight is 371 g/mol. The molecule has 0 radical (unpaired) electrons. The number of nitrogens with two attached hydrogens (primary N) is 1. The van der Waals surface area contributed by atoms with Crippen LogP contribution in [0.4, 0.5) is 11.8 Å². The van der Waals surface area contributed by atoms with Gasteiger partial charge < -0.3 is 20.6 Å². The molecule has 1 aliphatic carbocycles. The van der Waals surface area contributed by atoms with Crippen LogP contribution in [0.25, 0.3) is 0 Å². The summed E-state index contributed by atoms with van der Waals surface area (Å²) in [5, 5.41) is 10.9. The van der Waals surface area contributed by atoms with Crippen molar-refractivity contribution in [2.24, 2.45) is 5.41 Å². The van der Waals surface area contributed by atoms with Gasteiger partial charge in [-0.3, -0.25) is 4.79 Å². The number of piperidine rings is 2. The number of carbonyl (C=O) groups is 1. The van der Waals surface area contributed by atoms with Gasteiger partial charge in [-0.05, 0) is 44.6 Å². The molecule has 2 fully saturated rings. The second kappa shape index (κ2) is 7.46. The van der Waals surface area contributed by atoms with Gasteiger partial charge in [0.05, 0.1) is 6.10 Å². The number of aliphatic hydroxyl groups is 1. The molecule has 7 nitrogen and oxygen atoms in total. The highest BCUT2D eigenvalue weighted by Crippen LogP contribution is 2.40. The zero-order valence-electron chi connectivity index (χ0n) is 15.8. The summed E-state index contributed by atoms with van der Waals surface area (Å²) in [5.74, 6) is 1.27. The summed E-state index contributed by atoms with van der Waals surface area (Å²) in [6, 6.07) is 1.86. The van der Waals surface area contributed by atoms with Crippen molar-refractivity contribution in [1.29, 1.82) is 0 Å². The maximum Gasteiger partial charge on any atom is 0.226 e. The summed E-state index contributed by atoms with van der Waals surface area (Å²) in [6.07, 6.45) is 9.89. The number of aliphatic hydroxyl groups excluding tert-OH is 1. The van der Waals surface area contributed by atoms with E-state index >= 15 is 0 Å². The number of likely N-dealkylation sites (tertiary alicyclic amines) is 1. The topological polar surface area (TPSA) is 95.6 Å². The lowest BCUT2D eigenvalue weighted by atomic mass is 9.71. The monoisotopic (exact) mass is 371 g/mol. The van der Waals surface area contributed by atoms with Crippen LogP contribution in [-0.4, -0.2) is 58.2 Å². The Bertz CT molecular complexity index is 737. The highest BCUT2D eigenvalue weighted by molar-refractivity contribution is 5.79. The minimum absolute atomic E-state index is 0.206. The summed E-state index contributed by atoms with van der Waals surface area (Å²) in [5.41, 5.74) is 6.73. The van der Waals surface area contributed by atoms with Crippen LogP contribution < -0.4 is 10.6 Å². The van der Waals surface area contributed by atoms with Crippen LogP contribution in [0.15, 0.2) is 23.9 Å². The van der Waals surface area contributed by atoms with Crippen LogP contribution >= 0.6 is 0 Å². The second-order valence-electron chi connectivity index (χ2n) is 8.21. The molecule has 3 heterocycles. The third kappa shape index (κ3) is 3.78. The Morgan fingerprint density at radius 3 is 3.00 bits per heavy atom. The van der Waals surface area contributed by atoms with E-state index in [9.17, 15) is 9.90 Å². The van der Waals surface area contributed by atoms with E-state index in [-0.39, 0.29) is 17.3 Å². The molecule has 27 heavy (non-hydrogen) atoms. The minimum atomic E-state index is -0.394. The molecule has 1 aromatic rings. The fourth-order valence-corrected chi connectivity index (χ4v) is 4.86. The molecule has 2 saturated heterocycles. The largest absolute Gasteiger partial charge is 0.392 e. The normalized spacial score (nSPS) is 28.5. The molecule has 0 saturated carbocycles. The summed E-state index contributed by atoms with van der Waals surface area (Å²) in [4.78, 5) is 25.3. The van der Waals surface area contributed by atoms with Crippen LogP contribution in [-0.2, 0) is 4.79 Å². The fourth-order valence-electron chi connectivity index (χ4n) is 4.86. The van der Waals surface area contributed by atoms with Crippen molar-refractivity contribution in [2.75, 3.05) is 36.8 Å². The average Bonchev–Trinajstić information content (AvgIpc) is 3.17. The number of rotatable bonds is 3. The number of hydrogen-bond acceptors (Lipinski definition) is 6. The lowest BCUT2D eigenvalue weighted by molar-refractivity contribution is -0.137. The molecule has 4 rings (SSSR count). The quantitative estimate of drug-likeness (QED) is 0.786. The predicted octanol–water partition coefficient (Wildman–Crippen LogP) is 1.74. The number of anilines is 2. The van der Waals surface area contributed by atoms with Gasteiger partial charge in [-0.25, -0.2) is 4.98 Å². The summed E-state index contributed by atoms with van der Waals surface area (Å²) >= 11 is 0. The van der Waals surface area contributed by atoms with Gasteiger partial charge in [-0.15, -0.1) is 0 Å². The Hall–Kier alpha value is -2.15. The van der Waals surface area contributed by atoms with Crippen LogP contribution in [0.2, 0.25) is 0 Å². The lowest BCUT2D eigenvalue weighted by Gasteiger charge is -2.51. The maximum atomic E-state index is 12.8. The van der Waals surface area contributed by atoms with Gasteiger partial charge in [-0.1, -0.05) is 11.6 Å². The van der Waals surface area contributed by atoms with E-state index in [0.717, 1.165) is 44.6 Å². The second-order valence-corrected chi connectivity index (χ2v) is 8.21. The zero-order valence-corrected chi connectivity index (χ0v) is 15.8. The van der Waals surface area contributed by atoms with Crippen LogP contribution in [0.5, 0.6) is 0 Å². The molecule has 3 aliphatic rings. The Morgan fingerprint density at radius 2 is 2.22 bits per heavy atom. The number of aromatic nitrogens is 2. The molecule has 1 amide bonds. The van der Waals surface area contributed by atoms with Gasteiger partial charge in [0, 0.05) is 44.2 Å². The molecule has 0 bridgehead atoms. The van der Waals surface area contributed by atoms with Gasteiger partial charge >= 0.3 is 0 Å². The van der Waals surface area contributed by atoms with Gasteiger partial charge in [0.2, 0.25) is 11.9 Å². The molecule has 7 heteroatoms. The number of amides is 1. The zero-order chi connectivity index (χ0) is 18.9.